The van der Waals surface area contributed by atoms with Crippen molar-refractivity contribution in [2.45, 2.75) is 53.5 Å². The minimum Gasteiger partial charge on any atom is -0.347 e. The summed E-state index contributed by atoms with van der Waals surface area (Å²) in [6.07, 6.45) is 1.99. The van der Waals surface area contributed by atoms with Crippen LogP contribution < -0.4 is 5.32 Å². The number of carbonyl (C=O) groups is 1. The van der Waals surface area contributed by atoms with Crippen LogP contribution in [0.15, 0.2) is 0 Å². The van der Waals surface area contributed by atoms with Gasteiger partial charge in [0.05, 0.1) is 6.04 Å². The van der Waals surface area contributed by atoms with Gasteiger partial charge >= 0.3 is 0 Å². The Hall–Kier alpha value is -0.570. The number of likely N-dealkylation sites (N-methyl/N-ethyl adjacent to an activating group) is 1. The van der Waals surface area contributed by atoms with Gasteiger partial charge in [0.25, 0.3) is 0 Å². The fourth-order valence-corrected chi connectivity index (χ4v) is 1.68. The summed E-state index contributed by atoms with van der Waals surface area (Å²) in [5.41, 5.74) is 0.316. The molecule has 1 amide bonds. The molecule has 3 heteroatoms. The van der Waals surface area contributed by atoms with E-state index in [2.05, 4.69) is 39.9 Å². The molecule has 1 N–H and O–H groups in total. The zero-order valence-electron chi connectivity index (χ0n) is 12.6. The molecule has 3 nitrogen and oxygen atoms in total. The normalized spacial score (nSPS) is 13.9. The van der Waals surface area contributed by atoms with E-state index in [0.29, 0.717) is 11.3 Å². The van der Waals surface area contributed by atoms with E-state index in [1.807, 2.05) is 14.1 Å². The van der Waals surface area contributed by atoms with Crippen molar-refractivity contribution >= 4 is 5.91 Å². The molecular formula is C14H30N2O. The van der Waals surface area contributed by atoms with Crippen LogP contribution in [-0.2, 0) is 4.79 Å². The van der Waals surface area contributed by atoms with Crippen LogP contribution in [0, 0.1) is 11.3 Å². The Labute approximate surface area is 107 Å². The van der Waals surface area contributed by atoms with Crippen LogP contribution in [0.3, 0.4) is 0 Å². The number of carbonyl (C=O) groups excluding carboxylic acids is 1. The molecule has 0 aliphatic heterocycles. The predicted octanol–water partition coefficient (Wildman–Crippen LogP) is 2.52. The van der Waals surface area contributed by atoms with Crippen LogP contribution >= 0.6 is 0 Å². The molecule has 0 aliphatic rings. The second-order valence-electron chi connectivity index (χ2n) is 6.68. The van der Waals surface area contributed by atoms with Crippen molar-refractivity contribution in [3.8, 4) is 0 Å². The molecule has 0 saturated heterocycles. The standard InChI is InChI=1S/C14H30N2O/c1-11(2)10-12(13(17)16(6)7)15-9-8-14(3,4)5/h11-12,15H,8-10H2,1-7H3. The minimum absolute atomic E-state index is 0.0349. The van der Waals surface area contributed by atoms with Crippen LogP contribution in [0.1, 0.15) is 47.5 Å². The van der Waals surface area contributed by atoms with Gasteiger partial charge in [0.1, 0.15) is 0 Å². The lowest BCUT2D eigenvalue weighted by Crippen LogP contribution is -2.45. The third-order valence-corrected chi connectivity index (χ3v) is 2.71. The Morgan fingerprint density at radius 2 is 1.76 bits per heavy atom. The van der Waals surface area contributed by atoms with Crippen molar-refractivity contribution < 1.29 is 4.79 Å². The van der Waals surface area contributed by atoms with Gasteiger partial charge < -0.3 is 10.2 Å². The Morgan fingerprint density at radius 3 is 2.12 bits per heavy atom. The third kappa shape index (κ3) is 8.19. The van der Waals surface area contributed by atoms with Gasteiger partial charge in [-0.05, 0) is 30.7 Å². The summed E-state index contributed by atoms with van der Waals surface area (Å²) in [5, 5.41) is 3.40. The maximum atomic E-state index is 12.0. The molecule has 17 heavy (non-hydrogen) atoms. The van der Waals surface area contributed by atoms with Crippen molar-refractivity contribution in [1.29, 1.82) is 0 Å². The maximum Gasteiger partial charge on any atom is 0.239 e. The van der Waals surface area contributed by atoms with Gasteiger partial charge in [-0.25, -0.2) is 0 Å². The molecule has 0 radical (unpaired) electrons. The zero-order valence-corrected chi connectivity index (χ0v) is 12.6. The summed E-state index contributed by atoms with van der Waals surface area (Å²) in [6.45, 7) is 11.9. The number of rotatable bonds is 6. The molecule has 0 spiro atoms. The second kappa shape index (κ2) is 7.00. The highest BCUT2D eigenvalue weighted by Crippen LogP contribution is 2.17. The van der Waals surface area contributed by atoms with Crippen molar-refractivity contribution in [2.75, 3.05) is 20.6 Å². The van der Waals surface area contributed by atoms with Crippen LogP contribution in [-0.4, -0.2) is 37.5 Å². The molecule has 0 saturated carbocycles. The molecule has 0 rings (SSSR count). The van der Waals surface area contributed by atoms with E-state index < -0.39 is 0 Å². The van der Waals surface area contributed by atoms with Crippen LogP contribution in [0.25, 0.3) is 0 Å². The van der Waals surface area contributed by atoms with Crippen LogP contribution in [0.4, 0.5) is 0 Å². The summed E-state index contributed by atoms with van der Waals surface area (Å²) in [5.74, 6) is 0.721. The average molecular weight is 242 g/mol. The molecule has 0 bridgehead atoms. The highest BCUT2D eigenvalue weighted by Gasteiger charge is 2.21. The lowest BCUT2D eigenvalue weighted by Gasteiger charge is -2.25. The number of nitrogens with zero attached hydrogens (tertiary/aromatic N) is 1. The number of nitrogens with one attached hydrogen (secondary N) is 1. The smallest absolute Gasteiger partial charge is 0.239 e. The Morgan fingerprint density at radius 1 is 1.24 bits per heavy atom. The molecule has 0 aromatic rings. The van der Waals surface area contributed by atoms with Gasteiger partial charge in [0, 0.05) is 14.1 Å². The van der Waals surface area contributed by atoms with Crippen LogP contribution in [0.2, 0.25) is 0 Å². The number of amides is 1. The monoisotopic (exact) mass is 242 g/mol. The van der Waals surface area contributed by atoms with E-state index in [9.17, 15) is 4.79 Å². The molecule has 0 fully saturated rings. The van der Waals surface area contributed by atoms with E-state index in [0.717, 1.165) is 19.4 Å². The summed E-state index contributed by atoms with van der Waals surface area (Å²) in [7, 11) is 3.64. The molecule has 1 atom stereocenters. The third-order valence-electron chi connectivity index (χ3n) is 2.71. The molecule has 0 aromatic heterocycles. The van der Waals surface area contributed by atoms with E-state index in [-0.39, 0.29) is 11.9 Å². The summed E-state index contributed by atoms with van der Waals surface area (Å²) < 4.78 is 0. The number of hydrogen-bond donors (Lipinski definition) is 1. The van der Waals surface area contributed by atoms with Gasteiger partial charge in [-0.2, -0.15) is 0 Å². The number of hydrogen-bond acceptors (Lipinski definition) is 2. The van der Waals surface area contributed by atoms with Crippen molar-refractivity contribution in [3.63, 3.8) is 0 Å². The van der Waals surface area contributed by atoms with E-state index in [1.54, 1.807) is 4.90 Å². The first-order valence-corrected chi connectivity index (χ1v) is 6.58. The fourth-order valence-electron chi connectivity index (χ4n) is 1.68. The maximum absolute atomic E-state index is 12.0. The van der Waals surface area contributed by atoms with E-state index in [1.165, 1.54) is 0 Å². The lowest BCUT2D eigenvalue weighted by molar-refractivity contribution is -0.131. The predicted molar refractivity (Wildman–Crippen MR) is 74.0 cm³/mol. The Balaban J connectivity index is 4.25. The van der Waals surface area contributed by atoms with Gasteiger partial charge in [-0.3, -0.25) is 4.79 Å². The first-order chi connectivity index (χ1) is 7.63. The lowest BCUT2D eigenvalue weighted by atomic mass is 9.92. The quantitative estimate of drug-likeness (QED) is 0.776. The minimum atomic E-state index is -0.0349. The fraction of sp³-hybridized carbons (Fsp3) is 0.929. The molecule has 1 unspecified atom stereocenters. The summed E-state index contributed by atoms with van der Waals surface area (Å²) in [6, 6.07) is -0.0349. The van der Waals surface area contributed by atoms with Gasteiger partial charge in [-0.1, -0.05) is 34.6 Å². The van der Waals surface area contributed by atoms with Gasteiger partial charge in [-0.15, -0.1) is 0 Å². The first kappa shape index (κ1) is 16.4. The summed E-state index contributed by atoms with van der Waals surface area (Å²) in [4.78, 5) is 13.7. The molecule has 0 aliphatic carbocycles. The average Bonchev–Trinajstić information content (AvgIpc) is 2.12. The first-order valence-electron chi connectivity index (χ1n) is 6.58. The summed E-state index contributed by atoms with van der Waals surface area (Å²) >= 11 is 0. The zero-order chi connectivity index (χ0) is 13.6. The highest BCUT2D eigenvalue weighted by atomic mass is 16.2. The van der Waals surface area contributed by atoms with Gasteiger partial charge in [0.15, 0.2) is 0 Å². The highest BCUT2D eigenvalue weighted by molar-refractivity contribution is 5.81. The van der Waals surface area contributed by atoms with Gasteiger partial charge in [0.2, 0.25) is 5.91 Å². The SMILES string of the molecule is CC(C)CC(NCCC(C)(C)C)C(=O)N(C)C. The van der Waals surface area contributed by atoms with E-state index >= 15 is 0 Å². The Kier molecular flexibility index (Phi) is 6.76. The van der Waals surface area contributed by atoms with Crippen LogP contribution in [0.5, 0.6) is 0 Å². The topological polar surface area (TPSA) is 32.3 Å². The van der Waals surface area contributed by atoms with E-state index in [4.69, 9.17) is 0 Å². The Bertz CT molecular complexity index is 229. The van der Waals surface area contributed by atoms with Crippen molar-refractivity contribution in [2.24, 2.45) is 11.3 Å². The second-order valence-corrected chi connectivity index (χ2v) is 6.68. The molecule has 0 aromatic carbocycles. The largest absolute Gasteiger partial charge is 0.347 e. The van der Waals surface area contributed by atoms with Crippen molar-refractivity contribution in [1.82, 2.24) is 10.2 Å². The molecule has 0 heterocycles. The van der Waals surface area contributed by atoms with Crippen molar-refractivity contribution in [3.05, 3.63) is 0 Å². The molecule has 102 valence electrons. The molecular weight excluding hydrogens is 212 g/mol.